The van der Waals surface area contributed by atoms with Gasteiger partial charge in [0.25, 0.3) is 11.5 Å². The number of rotatable bonds is 9. The molecule has 2 saturated heterocycles. The number of aromatic nitrogens is 2. The zero-order valence-corrected chi connectivity index (χ0v) is 24.0. The van der Waals surface area contributed by atoms with Crippen LogP contribution in [0.5, 0.6) is 5.75 Å². The first-order chi connectivity index (χ1) is 19.0. The number of amides is 1. The number of hydrogen-bond acceptors (Lipinski definition) is 8. The number of thiocarbonyl (C=S) groups is 1. The van der Waals surface area contributed by atoms with Gasteiger partial charge in [0.05, 0.1) is 17.6 Å². The second-order valence-electron chi connectivity index (χ2n) is 9.65. The minimum absolute atomic E-state index is 0.130. The fourth-order valence-electron chi connectivity index (χ4n) is 4.95. The Kier molecular flexibility index (Phi) is 8.52. The van der Waals surface area contributed by atoms with E-state index in [1.807, 2.05) is 30.3 Å². The lowest BCUT2D eigenvalue weighted by Crippen LogP contribution is -2.47. The fourth-order valence-corrected chi connectivity index (χ4v) is 6.24. The maximum atomic E-state index is 13.7. The zero-order chi connectivity index (χ0) is 27.4. The van der Waals surface area contributed by atoms with Crippen LogP contribution < -0.4 is 20.1 Å². The van der Waals surface area contributed by atoms with Gasteiger partial charge >= 0.3 is 0 Å². The molecule has 5 rings (SSSR count). The van der Waals surface area contributed by atoms with Crippen LogP contribution in [0.4, 0.5) is 11.5 Å². The molecule has 204 valence electrons. The Hall–Kier alpha value is -3.37. The van der Waals surface area contributed by atoms with Crippen molar-refractivity contribution in [2.24, 2.45) is 0 Å². The molecule has 39 heavy (non-hydrogen) atoms. The number of methoxy groups -OCH3 is 1. The molecule has 0 unspecified atom stereocenters. The van der Waals surface area contributed by atoms with E-state index < -0.39 is 0 Å². The van der Waals surface area contributed by atoms with Crippen molar-refractivity contribution in [1.29, 1.82) is 0 Å². The Morgan fingerprint density at radius 2 is 1.74 bits per heavy atom. The zero-order valence-electron chi connectivity index (χ0n) is 22.3. The molecule has 0 bridgehead atoms. The molecule has 1 amide bonds. The molecule has 0 aliphatic carbocycles. The van der Waals surface area contributed by atoms with E-state index in [-0.39, 0.29) is 11.5 Å². The number of carbonyl (C=O) groups is 1. The number of fused-ring (bicyclic) bond motifs is 1. The van der Waals surface area contributed by atoms with Crippen LogP contribution >= 0.6 is 24.0 Å². The standard InChI is InChI=1S/C29H33N5O3S2/c1-3-4-5-7-15-34-28(36)24(39-29(34)38)20-23-26(30-25-9-6-8-14-33(25)27(23)35)32-18-16-31(17-19-32)21-10-12-22(37-2)13-11-21/h6,8-14,20H,3-5,7,15-19H2,1-2H3. The number of carbonyl (C=O) groups excluding carboxylic acids is 1. The van der Waals surface area contributed by atoms with E-state index in [0.29, 0.717) is 45.9 Å². The van der Waals surface area contributed by atoms with Gasteiger partial charge in [-0.25, -0.2) is 4.98 Å². The van der Waals surface area contributed by atoms with Crippen LogP contribution in [0.2, 0.25) is 0 Å². The van der Waals surface area contributed by atoms with Gasteiger partial charge in [-0.2, -0.15) is 0 Å². The van der Waals surface area contributed by atoms with E-state index >= 15 is 0 Å². The summed E-state index contributed by atoms with van der Waals surface area (Å²) in [5.41, 5.74) is 1.94. The summed E-state index contributed by atoms with van der Waals surface area (Å²) in [4.78, 5) is 38.5. The SMILES string of the molecule is CCCCCCN1C(=O)C(=Cc2c(N3CCN(c4ccc(OC)cc4)CC3)nc3ccccn3c2=O)SC1=S. The predicted molar refractivity (Wildman–Crippen MR) is 163 cm³/mol. The molecular weight excluding hydrogens is 530 g/mol. The monoisotopic (exact) mass is 563 g/mol. The van der Waals surface area contributed by atoms with Gasteiger partial charge in [0.15, 0.2) is 0 Å². The lowest BCUT2D eigenvalue weighted by Gasteiger charge is -2.37. The summed E-state index contributed by atoms with van der Waals surface area (Å²) in [6.45, 7) is 5.72. The van der Waals surface area contributed by atoms with Gasteiger partial charge in [-0.1, -0.05) is 56.2 Å². The highest BCUT2D eigenvalue weighted by molar-refractivity contribution is 8.26. The van der Waals surface area contributed by atoms with E-state index in [9.17, 15) is 9.59 Å². The second-order valence-corrected chi connectivity index (χ2v) is 11.3. The molecule has 1 aromatic carbocycles. The van der Waals surface area contributed by atoms with Crippen molar-refractivity contribution in [1.82, 2.24) is 14.3 Å². The van der Waals surface area contributed by atoms with Crippen LogP contribution in [0.15, 0.2) is 58.4 Å². The third-order valence-corrected chi connectivity index (χ3v) is 8.53. The molecule has 2 aromatic heterocycles. The first kappa shape index (κ1) is 27.2. The van der Waals surface area contributed by atoms with Gasteiger partial charge in [0.1, 0.15) is 21.5 Å². The van der Waals surface area contributed by atoms with E-state index in [0.717, 1.165) is 50.2 Å². The van der Waals surface area contributed by atoms with Gasteiger partial charge in [-0.05, 0) is 48.9 Å². The molecule has 0 radical (unpaired) electrons. The first-order valence-corrected chi connectivity index (χ1v) is 14.6. The number of unbranched alkanes of at least 4 members (excludes halogenated alkanes) is 3. The minimum atomic E-state index is -0.193. The lowest BCUT2D eigenvalue weighted by atomic mass is 10.2. The maximum absolute atomic E-state index is 13.7. The van der Waals surface area contributed by atoms with E-state index in [2.05, 4.69) is 28.9 Å². The van der Waals surface area contributed by atoms with Crippen molar-refractivity contribution >= 4 is 57.4 Å². The average molecular weight is 564 g/mol. The Balaban J connectivity index is 1.42. The summed E-state index contributed by atoms with van der Waals surface area (Å²) in [7, 11) is 1.66. The van der Waals surface area contributed by atoms with Gasteiger partial charge in [-0.3, -0.25) is 18.9 Å². The first-order valence-electron chi connectivity index (χ1n) is 13.4. The highest BCUT2D eigenvalue weighted by atomic mass is 32.2. The summed E-state index contributed by atoms with van der Waals surface area (Å²) in [6, 6.07) is 13.6. The molecule has 0 atom stereocenters. The summed E-state index contributed by atoms with van der Waals surface area (Å²) in [6.07, 6.45) is 7.66. The summed E-state index contributed by atoms with van der Waals surface area (Å²) in [5, 5.41) is 0. The number of benzene rings is 1. The maximum Gasteiger partial charge on any atom is 0.267 e. The predicted octanol–water partition coefficient (Wildman–Crippen LogP) is 4.81. The number of pyridine rings is 1. The summed E-state index contributed by atoms with van der Waals surface area (Å²) >= 11 is 6.80. The Morgan fingerprint density at radius 1 is 1.00 bits per heavy atom. The molecule has 2 fully saturated rings. The smallest absolute Gasteiger partial charge is 0.267 e. The number of piperazine rings is 1. The quantitative estimate of drug-likeness (QED) is 0.209. The number of ether oxygens (including phenoxy) is 1. The summed E-state index contributed by atoms with van der Waals surface area (Å²) < 4.78 is 7.37. The van der Waals surface area contributed by atoms with Crippen LogP contribution in [0.1, 0.15) is 38.2 Å². The van der Waals surface area contributed by atoms with Crippen molar-refractivity contribution < 1.29 is 9.53 Å². The summed E-state index contributed by atoms with van der Waals surface area (Å²) in [5.74, 6) is 1.30. The van der Waals surface area contributed by atoms with E-state index in [4.69, 9.17) is 21.9 Å². The number of anilines is 2. The Labute approximate surface area is 238 Å². The molecule has 8 nitrogen and oxygen atoms in total. The Bertz CT molecular complexity index is 1450. The molecular formula is C29H33N5O3S2. The van der Waals surface area contributed by atoms with Gasteiger partial charge < -0.3 is 14.5 Å². The highest BCUT2D eigenvalue weighted by Crippen LogP contribution is 2.34. The molecule has 2 aliphatic rings. The number of thioether (sulfide) groups is 1. The third-order valence-electron chi connectivity index (χ3n) is 7.15. The normalized spacial score (nSPS) is 17.1. The van der Waals surface area contributed by atoms with Crippen molar-refractivity contribution in [3.8, 4) is 5.75 Å². The molecule has 0 saturated carbocycles. The van der Waals surface area contributed by atoms with Crippen LogP contribution in [-0.2, 0) is 4.79 Å². The molecule has 0 spiro atoms. The number of hydrogen-bond donors (Lipinski definition) is 0. The van der Waals surface area contributed by atoms with Gasteiger partial charge in [0.2, 0.25) is 0 Å². The highest BCUT2D eigenvalue weighted by Gasteiger charge is 2.33. The fraction of sp³-hybridized carbons (Fsp3) is 0.379. The van der Waals surface area contributed by atoms with Crippen molar-refractivity contribution in [2.75, 3.05) is 49.6 Å². The van der Waals surface area contributed by atoms with Gasteiger partial charge in [-0.15, -0.1) is 0 Å². The van der Waals surface area contributed by atoms with Gasteiger partial charge in [0, 0.05) is 44.6 Å². The molecule has 3 aromatic rings. The minimum Gasteiger partial charge on any atom is -0.497 e. The average Bonchev–Trinajstić information content (AvgIpc) is 3.24. The molecule has 2 aliphatic heterocycles. The van der Waals surface area contributed by atoms with Crippen molar-refractivity contribution in [3.63, 3.8) is 0 Å². The van der Waals surface area contributed by atoms with Crippen LogP contribution in [0.3, 0.4) is 0 Å². The second kappa shape index (κ2) is 12.2. The molecule has 10 heteroatoms. The molecule has 4 heterocycles. The van der Waals surface area contributed by atoms with E-state index in [1.54, 1.807) is 24.3 Å². The van der Waals surface area contributed by atoms with Crippen LogP contribution in [-0.4, -0.2) is 64.3 Å². The lowest BCUT2D eigenvalue weighted by molar-refractivity contribution is -0.122. The topological polar surface area (TPSA) is 70.4 Å². The van der Waals surface area contributed by atoms with Crippen molar-refractivity contribution in [3.05, 3.63) is 69.5 Å². The van der Waals surface area contributed by atoms with Crippen molar-refractivity contribution in [2.45, 2.75) is 32.6 Å². The third kappa shape index (κ3) is 5.81. The van der Waals surface area contributed by atoms with E-state index in [1.165, 1.54) is 16.2 Å². The van der Waals surface area contributed by atoms with Crippen LogP contribution in [0.25, 0.3) is 11.7 Å². The van der Waals surface area contributed by atoms with Crippen LogP contribution in [0, 0.1) is 0 Å². The largest absolute Gasteiger partial charge is 0.497 e. The molecule has 0 N–H and O–H groups in total. The number of nitrogens with zero attached hydrogens (tertiary/aromatic N) is 5. The Morgan fingerprint density at radius 3 is 2.46 bits per heavy atom.